The maximum Gasteiger partial charge on any atom is 0.0580 e. The van der Waals surface area contributed by atoms with Crippen molar-refractivity contribution in [3.05, 3.63) is 0 Å². The third-order valence-corrected chi connectivity index (χ3v) is 4.28. The maximum atomic E-state index is 9.86. The fourth-order valence-electron chi connectivity index (χ4n) is 2.98. The Morgan fingerprint density at radius 3 is 2.31 bits per heavy atom. The second-order valence-electron chi connectivity index (χ2n) is 5.42. The van der Waals surface area contributed by atoms with Gasteiger partial charge in [-0.25, -0.2) is 0 Å². The molecule has 0 aromatic heterocycles. The van der Waals surface area contributed by atoms with E-state index in [4.69, 9.17) is 5.11 Å². The molecule has 0 spiro atoms. The quantitative estimate of drug-likeness (QED) is 0.720. The molecule has 2 atom stereocenters. The van der Waals surface area contributed by atoms with Crippen LogP contribution in [0.1, 0.15) is 44.9 Å². The zero-order chi connectivity index (χ0) is 11.4. The highest BCUT2D eigenvalue weighted by Crippen LogP contribution is 2.30. The van der Waals surface area contributed by atoms with Gasteiger partial charge in [-0.2, -0.15) is 0 Å². The first kappa shape index (κ1) is 12.3. The number of hydrogen-bond donors (Lipinski definition) is 2. The summed E-state index contributed by atoms with van der Waals surface area (Å²) in [6.07, 6.45) is 8.14. The van der Waals surface area contributed by atoms with E-state index in [1.54, 1.807) is 0 Å². The molecule has 2 aliphatic rings. The van der Waals surface area contributed by atoms with Crippen LogP contribution in [0.5, 0.6) is 0 Å². The van der Waals surface area contributed by atoms with Crippen molar-refractivity contribution in [2.45, 2.75) is 57.1 Å². The topological polar surface area (TPSA) is 43.7 Å². The van der Waals surface area contributed by atoms with Crippen LogP contribution in [0.2, 0.25) is 0 Å². The zero-order valence-electron chi connectivity index (χ0n) is 10.1. The Labute approximate surface area is 98.5 Å². The smallest absolute Gasteiger partial charge is 0.0580 e. The van der Waals surface area contributed by atoms with Crippen LogP contribution in [-0.2, 0) is 0 Å². The van der Waals surface area contributed by atoms with Crippen molar-refractivity contribution in [1.29, 1.82) is 0 Å². The summed E-state index contributed by atoms with van der Waals surface area (Å²) in [6, 6.07) is 0.736. The van der Waals surface area contributed by atoms with Crippen molar-refractivity contribution in [2.24, 2.45) is 5.92 Å². The van der Waals surface area contributed by atoms with E-state index in [-0.39, 0.29) is 12.7 Å². The highest BCUT2D eigenvalue weighted by Gasteiger charge is 2.31. The van der Waals surface area contributed by atoms with Crippen molar-refractivity contribution in [3.63, 3.8) is 0 Å². The molecule has 2 aliphatic carbocycles. The molecule has 16 heavy (non-hydrogen) atoms. The van der Waals surface area contributed by atoms with Gasteiger partial charge in [0.15, 0.2) is 0 Å². The summed E-state index contributed by atoms with van der Waals surface area (Å²) in [5, 5.41) is 18.8. The summed E-state index contributed by atoms with van der Waals surface area (Å²) in [5.74, 6) is 0.485. The summed E-state index contributed by atoms with van der Waals surface area (Å²) in [6.45, 7) is 2.34. The Bertz CT molecular complexity index is 206. The van der Waals surface area contributed by atoms with Gasteiger partial charge < -0.3 is 10.2 Å². The van der Waals surface area contributed by atoms with Gasteiger partial charge in [-0.15, -0.1) is 0 Å². The first-order valence-electron chi connectivity index (χ1n) is 6.84. The largest absolute Gasteiger partial charge is 0.396 e. The fraction of sp³-hybridized carbons (Fsp3) is 1.00. The molecule has 3 nitrogen and oxygen atoms in total. The van der Waals surface area contributed by atoms with Gasteiger partial charge in [0, 0.05) is 25.7 Å². The molecule has 0 heterocycles. The maximum absolute atomic E-state index is 9.86. The van der Waals surface area contributed by atoms with Crippen molar-refractivity contribution in [3.8, 4) is 0 Å². The first-order valence-corrected chi connectivity index (χ1v) is 6.84. The summed E-state index contributed by atoms with van der Waals surface area (Å²) in [7, 11) is 0. The van der Waals surface area contributed by atoms with Gasteiger partial charge in [0.2, 0.25) is 0 Å². The van der Waals surface area contributed by atoms with Gasteiger partial charge in [-0.1, -0.05) is 12.8 Å². The molecule has 0 aliphatic heterocycles. The third-order valence-electron chi connectivity index (χ3n) is 4.28. The minimum absolute atomic E-state index is 0.0725. The van der Waals surface area contributed by atoms with E-state index < -0.39 is 0 Å². The van der Waals surface area contributed by atoms with Crippen molar-refractivity contribution in [1.82, 2.24) is 4.90 Å². The average Bonchev–Trinajstić information content (AvgIpc) is 2.58. The summed E-state index contributed by atoms with van der Waals surface area (Å²) >= 11 is 0. The first-order chi connectivity index (χ1) is 7.81. The molecule has 2 rings (SSSR count). The van der Waals surface area contributed by atoms with Crippen LogP contribution in [-0.4, -0.2) is 47.0 Å². The van der Waals surface area contributed by atoms with Gasteiger partial charge in [-0.05, 0) is 38.0 Å². The van der Waals surface area contributed by atoms with Crippen molar-refractivity contribution >= 4 is 0 Å². The van der Waals surface area contributed by atoms with Gasteiger partial charge in [0.05, 0.1) is 6.10 Å². The van der Waals surface area contributed by atoms with Crippen LogP contribution in [0.4, 0.5) is 0 Å². The van der Waals surface area contributed by atoms with E-state index in [0.717, 1.165) is 32.0 Å². The number of aliphatic hydroxyl groups excluding tert-OH is 2. The molecule has 0 aromatic rings. The fourth-order valence-corrected chi connectivity index (χ4v) is 2.98. The van der Waals surface area contributed by atoms with Crippen LogP contribution in [0.25, 0.3) is 0 Å². The highest BCUT2D eigenvalue weighted by molar-refractivity contribution is 4.85. The lowest BCUT2D eigenvalue weighted by Crippen LogP contribution is -2.44. The summed E-state index contributed by atoms with van der Waals surface area (Å²) < 4.78 is 0. The zero-order valence-corrected chi connectivity index (χ0v) is 10.1. The van der Waals surface area contributed by atoms with E-state index in [2.05, 4.69) is 4.90 Å². The van der Waals surface area contributed by atoms with Crippen molar-refractivity contribution in [2.75, 3.05) is 19.7 Å². The molecule has 0 saturated heterocycles. The lowest BCUT2D eigenvalue weighted by molar-refractivity contribution is 0.0581. The predicted molar refractivity (Wildman–Crippen MR) is 64.3 cm³/mol. The van der Waals surface area contributed by atoms with E-state index in [1.165, 1.54) is 32.1 Å². The van der Waals surface area contributed by atoms with Gasteiger partial charge in [0.25, 0.3) is 0 Å². The van der Waals surface area contributed by atoms with Gasteiger partial charge in [0.1, 0.15) is 0 Å². The molecule has 0 radical (unpaired) electrons. The van der Waals surface area contributed by atoms with Crippen molar-refractivity contribution < 1.29 is 10.2 Å². The van der Waals surface area contributed by atoms with E-state index in [1.807, 2.05) is 0 Å². The molecule has 0 aromatic carbocycles. The number of aliphatic hydroxyl groups is 2. The summed E-state index contributed by atoms with van der Waals surface area (Å²) in [5.41, 5.74) is 0. The highest BCUT2D eigenvalue weighted by atomic mass is 16.3. The lowest BCUT2D eigenvalue weighted by Gasteiger charge is -2.39. The van der Waals surface area contributed by atoms with Crippen LogP contribution in [0, 0.1) is 5.92 Å². The molecule has 0 bridgehead atoms. The molecular formula is C13H25NO2. The third kappa shape index (κ3) is 2.96. The second kappa shape index (κ2) is 5.99. The normalized spacial score (nSPS) is 30.9. The van der Waals surface area contributed by atoms with Gasteiger partial charge in [-0.3, -0.25) is 4.90 Å². The SMILES string of the molecule is OCCCN(CC1CCCC1O)C1CCC1. The molecule has 0 amide bonds. The molecule has 3 heteroatoms. The van der Waals surface area contributed by atoms with Gasteiger partial charge >= 0.3 is 0 Å². The Kier molecular flexibility index (Phi) is 4.62. The standard InChI is InChI=1S/C13H25NO2/c15-9-3-8-14(12-5-2-6-12)10-11-4-1-7-13(11)16/h11-13,15-16H,1-10H2. The van der Waals surface area contributed by atoms with E-state index in [0.29, 0.717) is 5.92 Å². The molecule has 2 N–H and O–H groups in total. The summed E-state index contributed by atoms with van der Waals surface area (Å²) in [4.78, 5) is 2.51. The number of nitrogens with zero attached hydrogens (tertiary/aromatic N) is 1. The molecule has 94 valence electrons. The van der Waals surface area contributed by atoms with Crippen LogP contribution >= 0.6 is 0 Å². The molecule has 2 fully saturated rings. The number of hydrogen-bond acceptors (Lipinski definition) is 3. The Hall–Kier alpha value is -0.120. The molecular weight excluding hydrogens is 202 g/mol. The predicted octanol–water partition coefficient (Wildman–Crippen LogP) is 1.38. The minimum atomic E-state index is -0.0725. The Morgan fingerprint density at radius 1 is 1.06 bits per heavy atom. The monoisotopic (exact) mass is 227 g/mol. The van der Waals surface area contributed by atoms with Crippen LogP contribution < -0.4 is 0 Å². The Balaban J connectivity index is 1.80. The average molecular weight is 227 g/mol. The van der Waals surface area contributed by atoms with Crippen LogP contribution in [0.3, 0.4) is 0 Å². The second-order valence-corrected chi connectivity index (χ2v) is 5.42. The van der Waals surface area contributed by atoms with E-state index in [9.17, 15) is 5.11 Å². The number of rotatable bonds is 6. The Morgan fingerprint density at radius 2 is 1.81 bits per heavy atom. The van der Waals surface area contributed by atoms with Crippen LogP contribution in [0.15, 0.2) is 0 Å². The van der Waals surface area contributed by atoms with E-state index >= 15 is 0 Å². The minimum Gasteiger partial charge on any atom is -0.396 e. The lowest BCUT2D eigenvalue weighted by atomic mass is 9.90. The molecule has 2 unspecified atom stereocenters. The molecule has 2 saturated carbocycles.